The van der Waals surface area contributed by atoms with Crippen molar-refractivity contribution in [3.63, 3.8) is 0 Å². The molecule has 1 fully saturated rings. The van der Waals surface area contributed by atoms with E-state index in [2.05, 4.69) is 21.2 Å². The number of carbonyl (C=O) groups is 1. The first-order chi connectivity index (χ1) is 8.65. The molecule has 0 bridgehead atoms. The number of rotatable bonds is 4. The number of benzene rings is 1. The van der Waals surface area contributed by atoms with E-state index in [0.29, 0.717) is 23.2 Å². The first kappa shape index (κ1) is 13.7. The van der Waals surface area contributed by atoms with Gasteiger partial charge in [-0.1, -0.05) is 6.07 Å². The summed E-state index contributed by atoms with van der Waals surface area (Å²) in [6.07, 6.45) is 3.22. The second-order valence-corrected chi connectivity index (χ2v) is 5.72. The monoisotopic (exact) mass is 313 g/mol. The van der Waals surface area contributed by atoms with Crippen LogP contribution >= 0.6 is 15.9 Å². The second kappa shape index (κ2) is 6.43. The molecular formula is C14H17BrFNO. The highest BCUT2D eigenvalue weighted by Crippen LogP contribution is 2.20. The van der Waals surface area contributed by atoms with E-state index in [0.717, 1.165) is 31.5 Å². The SMILES string of the molecule is O=C(Cc1ccc(F)c(Br)c1)CC1CCNCC1. The molecule has 2 rings (SSSR count). The molecule has 0 amide bonds. The second-order valence-electron chi connectivity index (χ2n) is 4.86. The third-order valence-corrected chi connectivity index (χ3v) is 3.97. The maximum Gasteiger partial charge on any atom is 0.137 e. The molecule has 1 aromatic rings. The fourth-order valence-electron chi connectivity index (χ4n) is 2.36. The summed E-state index contributed by atoms with van der Waals surface area (Å²) in [5.41, 5.74) is 0.877. The molecule has 0 aliphatic carbocycles. The Hall–Kier alpha value is -0.740. The molecule has 2 nitrogen and oxygen atoms in total. The highest BCUT2D eigenvalue weighted by Gasteiger charge is 2.17. The Kier molecular flexibility index (Phi) is 4.89. The van der Waals surface area contributed by atoms with Crippen molar-refractivity contribution in [2.45, 2.75) is 25.7 Å². The van der Waals surface area contributed by atoms with Crippen LogP contribution in [0.3, 0.4) is 0 Å². The summed E-state index contributed by atoms with van der Waals surface area (Å²) in [6, 6.07) is 4.77. The molecule has 1 aliphatic heterocycles. The smallest absolute Gasteiger partial charge is 0.137 e. The van der Waals surface area contributed by atoms with Gasteiger partial charge in [-0.25, -0.2) is 4.39 Å². The van der Waals surface area contributed by atoms with E-state index in [-0.39, 0.29) is 11.6 Å². The summed E-state index contributed by atoms with van der Waals surface area (Å²) in [6.45, 7) is 2.03. The van der Waals surface area contributed by atoms with Crippen LogP contribution in [0, 0.1) is 11.7 Å². The molecule has 4 heteroatoms. The lowest BCUT2D eigenvalue weighted by Gasteiger charge is -2.21. The van der Waals surface area contributed by atoms with Crippen molar-refractivity contribution < 1.29 is 9.18 Å². The van der Waals surface area contributed by atoms with Gasteiger partial charge in [-0.2, -0.15) is 0 Å². The van der Waals surface area contributed by atoms with Gasteiger partial charge in [0.2, 0.25) is 0 Å². The van der Waals surface area contributed by atoms with E-state index in [1.807, 2.05) is 0 Å². The van der Waals surface area contributed by atoms with Crippen molar-refractivity contribution >= 4 is 21.7 Å². The molecule has 18 heavy (non-hydrogen) atoms. The van der Waals surface area contributed by atoms with Crippen LogP contribution in [-0.4, -0.2) is 18.9 Å². The maximum absolute atomic E-state index is 13.1. The fraction of sp³-hybridized carbons (Fsp3) is 0.500. The summed E-state index contributed by atoms with van der Waals surface area (Å²) < 4.78 is 13.5. The molecule has 1 aromatic carbocycles. The summed E-state index contributed by atoms with van der Waals surface area (Å²) in [4.78, 5) is 11.9. The van der Waals surface area contributed by atoms with Crippen LogP contribution in [0.15, 0.2) is 22.7 Å². The minimum Gasteiger partial charge on any atom is -0.317 e. The molecule has 1 saturated heterocycles. The summed E-state index contributed by atoms with van der Waals surface area (Å²) >= 11 is 3.14. The van der Waals surface area contributed by atoms with Gasteiger partial charge < -0.3 is 5.32 Å². The van der Waals surface area contributed by atoms with Crippen molar-refractivity contribution in [2.24, 2.45) is 5.92 Å². The van der Waals surface area contributed by atoms with Crippen LogP contribution < -0.4 is 5.32 Å². The first-order valence-electron chi connectivity index (χ1n) is 6.31. The van der Waals surface area contributed by atoms with Gasteiger partial charge in [0.15, 0.2) is 0 Å². The Morgan fingerprint density at radius 1 is 1.39 bits per heavy atom. The minimum absolute atomic E-state index is 0.250. The average Bonchev–Trinajstić information content (AvgIpc) is 2.35. The number of piperidine rings is 1. The van der Waals surface area contributed by atoms with Gasteiger partial charge in [-0.05, 0) is 65.5 Å². The Labute approximate surface area is 115 Å². The standard InChI is InChI=1S/C14H17BrFNO/c15-13-9-11(1-2-14(13)16)8-12(18)7-10-3-5-17-6-4-10/h1-2,9-10,17H,3-8H2. The number of Topliss-reactive ketones (excluding diaryl/α,β-unsaturated/α-hetero) is 1. The van der Waals surface area contributed by atoms with E-state index in [1.165, 1.54) is 6.07 Å². The molecule has 0 unspecified atom stereocenters. The van der Waals surface area contributed by atoms with E-state index in [4.69, 9.17) is 0 Å². The topological polar surface area (TPSA) is 29.1 Å². The quantitative estimate of drug-likeness (QED) is 0.925. The first-order valence-corrected chi connectivity index (χ1v) is 7.11. The molecule has 98 valence electrons. The van der Waals surface area contributed by atoms with E-state index in [1.54, 1.807) is 12.1 Å². The zero-order valence-corrected chi connectivity index (χ0v) is 11.8. The molecule has 1 aliphatic rings. The normalized spacial score (nSPS) is 16.8. The average molecular weight is 314 g/mol. The molecule has 0 aromatic heterocycles. The molecule has 0 spiro atoms. The van der Waals surface area contributed by atoms with E-state index < -0.39 is 0 Å². The Bertz CT molecular complexity index is 430. The van der Waals surface area contributed by atoms with Crippen LogP contribution in [0.1, 0.15) is 24.8 Å². The number of hydrogen-bond acceptors (Lipinski definition) is 2. The largest absolute Gasteiger partial charge is 0.317 e. The third-order valence-electron chi connectivity index (χ3n) is 3.36. The van der Waals surface area contributed by atoms with Crippen LogP contribution in [0.25, 0.3) is 0 Å². The number of nitrogens with one attached hydrogen (secondary N) is 1. The molecule has 1 N–H and O–H groups in total. The van der Waals surface area contributed by atoms with Crippen molar-refractivity contribution in [3.05, 3.63) is 34.1 Å². The molecule has 1 heterocycles. The number of ketones is 1. The fourth-order valence-corrected chi connectivity index (χ4v) is 2.78. The van der Waals surface area contributed by atoms with Gasteiger partial charge in [0.25, 0.3) is 0 Å². The van der Waals surface area contributed by atoms with Crippen molar-refractivity contribution in [1.82, 2.24) is 5.32 Å². The summed E-state index contributed by atoms with van der Waals surface area (Å²) in [7, 11) is 0. The van der Waals surface area contributed by atoms with Crippen LogP contribution in [0.4, 0.5) is 4.39 Å². The lowest BCUT2D eigenvalue weighted by Crippen LogP contribution is -2.29. The van der Waals surface area contributed by atoms with Gasteiger partial charge in [-0.3, -0.25) is 4.79 Å². The van der Waals surface area contributed by atoms with E-state index in [9.17, 15) is 9.18 Å². The van der Waals surface area contributed by atoms with Gasteiger partial charge in [0.05, 0.1) is 4.47 Å². The lowest BCUT2D eigenvalue weighted by atomic mass is 9.91. The Balaban J connectivity index is 1.88. The summed E-state index contributed by atoms with van der Waals surface area (Å²) in [5, 5.41) is 3.29. The van der Waals surface area contributed by atoms with Gasteiger partial charge in [0.1, 0.15) is 11.6 Å². The maximum atomic E-state index is 13.1. The van der Waals surface area contributed by atoms with Gasteiger partial charge in [-0.15, -0.1) is 0 Å². The van der Waals surface area contributed by atoms with E-state index >= 15 is 0 Å². The van der Waals surface area contributed by atoms with Crippen molar-refractivity contribution in [1.29, 1.82) is 0 Å². The summed E-state index contributed by atoms with van der Waals surface area (Å²) in [5.74, 6) is 0.479. The Morgan fingerprint density at radius 2 is 2.11 bits per heavy atom. The predicted octanol–water partition coefficient (Wildman–Crippen LogP) is 3.09. The number of halogens is 2. The van der Waals surface area contributed by atoms with Crippen LogP contribution in [0.5, 0.6) is 0 Å². The Morgan fingerprint density at radius 3 is 2.78 bits per heavy atom. The van der Waals surface area contributed by atoms with Gasteiger partial charge >= 0.3 is 0 Å². The van der Waals surface area contributed by atoms with Gasteiger partial charge in [0, 0.05) is 12.8 Å². The predicted molar refractivity (Wildman–Crippen MR) is 73.0 cm³/mol. The lowest BCUT2D eigenvalue weighted by molar-refractivity contribution is -0.119. The number of hydrogen-bond donors (Lipinski definition) is 1. The van der Waals surface area contributed by atoms with Crippen LogP contribution in [0.2, 0.25) is 0 Å². The third kappa shape index (κ3) is 3.89. The zero-order valence-electron chi connectivity index (χ0n) is 10.2. The molecule has 0 radical (unpaired) electrons. The molecule has 0 atom stereocenters. The highest BCUT2D eigenvalue weighted by molar-refractivity contribution is 9.10. The highest BCUT2D eigenvalue weighted by atomic mass is 79.9. The number of carbonyl (C=O) groups excluding carboxylic acids is 1. The molecular weight excluding hydrogens is 297 g/mol. The minimum atomic E-state index is -0.287. The zero-order chi connectivity index (χ0) is 13.0. The van der Waals surface area contributed by atoms with Crippen LogP contribution in [-0.2, 0) is 11.2 Å². The van der Waals surface area contributed by atoms with Crippen molar-refractivity contribution in [3.8, 4) is 0 Å². The van der Waals surface area contributed by atoms with Crippen molar-refractivity contribution in [2.75, 3.05) is 13.1 Å². The molecule has 0 saturated carbocycles.